The molecule has 13 heavy (non-hydrogen) atoms. The lowest BCUT2D eigenvalue weighted by atomic mass is 10.2. The molecule has 1 heterocycles. The van der Waals surface area contributed by atoms with Crippen molar-refractivity contribution >= 4 is 21.8 Å². The fraction of sp³-hybridized carbons (Fsp3) is 0.333. The largest absolute Gasteiger partial charge is 0.350 e. The van der Waals surface area contributed by atoms with Crippen molar-refractivity contribution in [2.75, 3.05) is 11.9 Å². The number of amides is 1. The SMILES string of the molecule is Cc1cccnc1C(=O)NCCBr. The van der Waals surface area contributed by atoms with Gasteiger partial charge in [-0.15, -0.1) is 0 Å². The molecule has 0 bridgehead atoms. The van der Waals surface area contributed by atoms with Crippen LogP contribution >= 0.6 is 15.9 Å². The van der Waals surface area contributed by atoms with Gasteiger partial charge >= 0.3 is 0 Å². The first-order valence-electron chi connectivity index (χ1n) is 4.01. The Labute approximate surface area is 85.7 Å². The van der Waals surface area contributed by atoms with E-state index in [1.807, 2.05) is 19.1 Å². The van der Waals surface area contributed by atoms with Crippen molar-refractivity contribution in [2.45, 2.75) is 6.92 Å². The number of hydrogen-bond acceptors (Lipinski definition) is 2. The van der Waals surface area contributed by atoms with Gasteiger partial charge in [-0.05, 0) is 18.6 Å². The lowest BCUT2D eigenvalue weighted by molar-refractivity contribution is 0.0950. The summed E-state index contributed by atoms with van der Waals surface area (Å²) in [6.45, 7) is 2.49. The predicted octanol–water partition coefficient (Wildman–Crippen LogP) is 1.51. The summed E-state index contributed by atoms with van der Waals surface area (Å²) in [5.41, 5.74) is 1.40. The van der Waals surface area contributed by atoms with Crippen LogP contribution in [0.25, 0.3) is 0 Å². The van der Waals surface area contributed by atoms with E-state index in [0.717, 1.165) is 10.9 Å². The highest BCUT2D eigenvalue weighted by Gasteiger charge is 2.07. The number of aryl methyl sites for hydroxylation is 1. The fourth-order valence-electron chi connectivity index (χ4n) is 0.968. The maximum absolute atomic E-state index is 11.4. The molecule has 70 valence electrons. The summed E-state index contributed by atoms with van der Waals surface area (Å²) in [4.78, 5) is 15.4. The Morgan fingerprint density at radius 3 is 3.08 bits per heavy atom. The van der Waals surface area contributed by atoms with Crippen LogP contribution in [0.15, 0.2) is 18.3 Å². The highest BCUT2D eigenvalue weighted by molar-refractivity contribution is 9.09. The van der Waals surface area contributed by atoms with E-state index in [1.165, 1.54) is 0 Å². The van der Waals surface area contributed by atoms with Gasteiger partial charge in [0, 0.05) is 18.1 Å². The second-order valence-corrected chi connectivity index (χ2v) is 3.41. The summed E-state index contributed by atoms with van der Waals surface area (Å²) in [6.07, 6.45) is 1.62. The highest BCUT2D eigenvalue weighted by atomic mass is 79.9. The molecule has 1 rings (SSSR count). The van der Waals surface area contributed by atoms with Crippen LogP contribution in [0.4, 0.5) is 0 Å². The minimum Gasteiger partial charge on any atom is -0.350 e. The lowest BCUT2D eigenvalue weighted by Crippen LogP contribution is -2.26. The predicted molar refractivity (Wildman–Crippen MR) is 55.1 cm³/mol. The van der Waals surface area contributed by atoms with Crippen LogP contribution in [-0.2, 0) is 0 Å². The van der Waals surface area contributed by atoms with E-state index in [9.17, 15) is 4.79 Å². The zero-order valence-corrected chi connectivity index (χ0v) is 8.97. The molecule has 4 heteroatoms. The van der Waals surface area contributed by atoms with Gasteiger partial charge in [0.25, 0.3) is 5.91 Å². The van der Waals surface area contributed by atoms with E-state index < -0.39 is 0 Å². The molecule has 0 aliphatic rings. The number of carbonyl (C=O) groups is 1. The molecule has 0 aliphatic heterocycles. The maximum atomic E-state index is 11.4. The average Bonchev–Trinajstić information content (AvgIpc) is 2.15. The third-order valence-corrected chi connectivity index (χ3v) is 2.00. The lowest BCUT2D eigenvalue weighted by Gasteiger charge is -2.03. The number of carbonyl (C=O) groups excluding carboxylic acids is 1. The third kappa shape index (κ3) is 2.81. The van der Waals surface area contributed by atoms with Gasteiger partial charge in [0.05, 0.1) is 0 Å². The number of rotatable bonds is 3. The molecule has 0 unspecified atom stereocenters. The number of nitrogens with zero attached hydrogens (tertiary/aromatic N) is 1. The number of pyridine rings is 1. The Morgan fingerprint density at radius 2 is 2.46 bits per heavy atom. The van der Waals surface area contributed by atoms with Crippen molar-refractivity contribution in [3.05, 3.63) is 29.6 Å². The number of halogens is 1. The number of nitrogens with one attached hydrogen (secondary N) is 1. The molecule has 0 saturated heterocycles. The van der Waals surface area contributed by atoms with Crippen LogP contribution in [-0.4, -0.2) is 22.8 Å². The number of hydrogen-bond donors (Lipinski definition) is 1. The number of alkyl halides is 1. The molecule has 0 aliphatic carbocycles. The van der Waals surface area contributed by atoms with E-state index >= 15 is 0 Å². The topological polar surface area (TPSA) is 42.0 Å². The van der Waals surface area contributed by atoms with Gasteiger partial charge in [0.15, 0.2) is 0 Å². The number of aromatic nitrogens is 1. The molecule has 0 atom stereocenters. The van der Waals surface area contributed by atoms with Crippen LogP contribution in [0, 0.1) is 6.92 Å². The molecule has 0 aromatic carbocycles. The Morgan fingerprint density at radius 1 is 1.69 bits per heavy atom. The standard InChI is InChI=1S/C9H11BrN2O/c1-7-3-2-5-11-8(7)9(13)12-6-4-10/h2-3,5H,4,6H2,1H3,(H,12,13). The zero-order valence-electron chi connectivity index (χ0n) is 7.38. The van der Waals surface area contributed by atoms with E-state index in [1.54, 1.807) is 6.20 Å². The van der Waals surface area contributed by atoms with Gasteiger partial charge < -0.3 is 5.32 Å². The van der Waals surface area contributed by atoms with Gasteiger partial charge in [-0.2, -0.15) is 0 Å². The summed E-state index contributed by atoms with van der Waals surface area (Å²) in [5.74, 6) is -0.113. The van der Waals surface area contributed by atoms with Crippen LogP contribution in [0.2, 0.25) is 0 Å². The average molecular weight is 243 g/mol. The summed E-state index contributed by atoms with van der Waals surface area (Å²) in [6, 6.07) is 3.69. The Bertz CT molecular complexity index is 301. The first-order chi connectivity index (χ1) is 6.25. The van der Waals surface area contributed by atoms with E-state index in [-0.39, 0.29) is 5.91 Å². The second kappa shape index (κ2) is 4.97. The zero-order chi connectivity index (χ0) is 9.68. The van der Waals surface area contributed by atoms with Crippen molar-refractivity contribution < 1.29 is 4.79 Å². The van der Waals surface area contributed by atoms with E-state index in [0.29, 0.717) is 12.2 Å². The van der Waals surface area contributed by atoms with E-state index in [4.69, 9.17) is 0 Å². The Kier molecular flexibility index (Phi) is 3.89. The van der Waals surface area contributed by atoms with Crippen molar-refractivity contribution in [2.24, 2.45) is 0 Å². The Hall–Kier alpha value is -0.900. The van der Waals surface area contributed by atoms with E-state index in [2.05, 4.69) is 26.2 Å². The molecule has 1 aromatic rings. The van der Waals surface area contributed by atoms with Crippen LogP contribution in [0.1, 0.15) is 16.1 Å². The molecule has 0 fully saturated rings. The minimum atomic E-state index is -0.113. The third-order valence-electron chi connectivity index (χ3n) is 1.60. The molecular formula is C9H11BrN2O. The Balaban J connectivity index is 2.71. The highest BCUT2D eigenvalue weighted by Crippen LogP contribution is 2.02. The smallest absolute Gasteiger partial charge is 0.270 e. The van der Waals surface area contributed by atoms with Crippen LogP contribution < -0.4 is 5.32 Å². The molecule has 0 spiro atoms. The van der Waals surface area contributed by atoms with Gasteiger partial charge in [0.1, 0.15) is 5.69 Å². The molecule has 1 N–H and O–H groups in total. The molecule has 0 saturated carbocycles. The van der Waals surface area contributed by atoms with Gasteiger partial charge in [-0.1, -0.05) is 22.0 Å². The summed E-state index contributed by atoms with van der Waals surface area (Å²) in [7, 11) is 0. The quantitative estimate of drug-likeness (QED) is 0.817. The first kappa shape index (κ1) is 10.2. The van der Waals surface area contributed by atoms with Crippen molar-refractivity contribution in [3.8, 4) is 0 Å². The molecule has 0 radical (unpaired) electrons. The van der Waals surface area contributed by atoms with Crippen LogP contribution in [0.3, 0.4) is 0 Å². The van der Waals surface area contributed by atoms with Crippen molar-refractivity contribution in [3.63, 3.8) is 0 Å². The first-order valence-corrected chi connectivity index (χ1v) is 5.13. The maximum Gasteiger partial charge on any atom is 0.270 e. The molecule has 3 nitrogen and oxygen atoms in total. The molecular weight excluding hydrogens is 232 g/mol. The normalized spacial score (nSPS) is 9.69. The summed E-state index contributed by atoms with van der Waals surface area (Å²) in [5, 5.41) is 3.50. The van der Waals surface area contributed by atoms with Crippen molar-refractivity contribution in [1.82, 2.24) is 10.3 Å². The molecule has 1 amide bonds. The van der Waals surface area contributed by atoms with Gasteiger partial charge in [-0.3, -0.25) is 9.78 Å². The van der Waals surface area contributed by atoms with Crippen molar-refractivity contribution in [1.29, 1.82) is 0 Å². The second-order valence-electron chi connectivity index (χ2n) is 2.61. The summed E-state index contributed by atoms with van der Waals surface area (Å²) < 4.78 is 0. The monoisotopic (exact) mass is 242 g/mol. The molecule has 1 aromatic heterocycles. The minimum absolute atomic E-state index is 0.113. The fourth-order valence-corrected chi connectivity index (χ4v) is 1.17. The van der Waals surface area contributed by atoms with Gasteiger partial charge in [-0.25, -0.2) is 0 Å². The summed E-state index contributed by atoms with van der Waals surface area (Å²) >= 11 is 3.23. The van der Waals surface area contributed by atoms with Gasteiger partial charge in [0.2, 0.25) is 0 Å². The van der Waals surface area contributed by atoms with Crippen LogP contribution in [0.5, 0.6) is 0 Å².